The number of aryl methyl sites for hydroxylation is 1. The molecular formula is C21H28N6O2. The van der Waals surface area contributed by atoms with Crippen molar-refractivity contribution in [3.8, 4) is 11.3 Å². The third-order valence-electron chi connectivity index (χ3n) is 5.64. The molecule has 2 aliphatic rings. The molecule has 0 spiro atoms. The second kappa shape index (κ2) is 8.34. The molecule has 8 nitrogen and oxygen atoms in total. The predicted molar refractivity (Wildman–Crippen MR) is 110 cm³/mol. The summed E-state index contributed by atoms with van der Waals surface area (Å²) in [6.45, 7) is 3.66. The van der Waals surface area contributed by atoms with Gasteiger partial charge in [0.2, 0.25) is 5.91 Å². The van der Waals surface area contributed by atoms with Gasteiger partial charge in [-0.1, -0.05) is 30.3 Å². The lowest BCUT2D eigenvalue weighted by molar-refractivity contribution is -0.127. The highest BCUT2D eigenvalue weighted by molar-refractivity contribution is 5.93. The van der Waals surface area contributed by atoms with Crippen molar-refractivity contribution in [1.29, 1.82) is 0 Å². The maximum atomic E-state index is 12.8. The molecule has 2 atom stereocenters. The number of rotatable bonds is 4. The number of amides is 2. The molecule has 1 aromatic carbocycles. The predicted octanol–water partition coefficient (Wildman–Crippen LogP) is 1.06. The Morgan fingerprint density at radius 1 is 1.21 bits per heavy atom. The zero-order valence-electron chi connectivity index (χ0n) is 16.9. The van der Waals surface area contributed by atoms with Crippen LogP contribution in [-0.2, 0) is 11.8 Å². The molecule has 29 heavy (non-hydrogen) atoms. The van der Waals surface area contributed by atoms with Gasteiger partial charge in [0, 0.05) is 44.2 Å². The molecule has 0 bridgehead atoms. The van der Waals surface area contributed by atoms with Crippen LogP contribution in [0.1, 0.15) is 36.7 Å². The van der Waals surface area contributed by atoms with E-state index in [0.717, 1.165) is 37.2 Å². The standard InChI is InChI=1S/C21H28N6O2/c1-14-12-19(28)24-21(22-14)27-10-8-16(9-11-27)23-20(29)18-13-17(25-26(18)2)15-6-4-3-5-7-15/h3-7,13-14,16,21-22H,8-12H2,1-2H3,(H,23,29)(H,24,28). The maximum Gasteiger partial charge on any atom is 0.269 e. The van der Waals surface area contributed by atoms with E-state index in [1.165, 1.54) is 0 Å². The van der Waals surface area contributed by atoms with Crippen LogP contribution in [0.15, 0.2) is 36.4 Å². The van der Waals surface area contributed by atoms with E-state index >= 15 is 0 Å². The highest BCUT2D eigenvalue weighted by Crippen LogP contribution is 2.19. The molecule has 2 aliphatic heterocycles. The summed E-state index contributed by atoms with van der Waals surface area (Å²) in [4.78, 5) is 26.8. The van der Waals surface area contributed by atoms with Crippen LogP contribution in [0, 0.1) is 0 Å². The van der Waals surface area contributed by atoms with E-state index in [4.69, 9.17) is 0 Å². The minimum atomic E-state index is -0.117. The van der Waals surface area contributed by atoms with Crippen molar-refractivity contribution < 1.29 is 9.59 Å². The van der Waals surface area contributed by atoms with Crippen molar-refractivity contribution in [2.24, 2.45) is 7.05 Å². The van der Waals surface area contributed by atoms with Crippen LogP contribution in [0.2, 0.25) is 0 Å². The van der Waals surface area contributed by atoms with Gasteiger partial charge in [-0.3, -0.25) is 24.5 Å². The fourth-order valence-corrected chi connectivity index (χ4v) is 4.05. The summed E-state index contributed by atoms with van der Waals surface area (Å²) in [6, 6.07) is 12.0. The molecular weight excluding hydrogens is 368 g/mol. The van der Waals surface area contributed by atoms with Crippen molar-refractivity contribution in [2.45, 2.75) is 44.6 Å². The molecule has 2 fully saturated rings. The lowest BCUT2D eigenvalue weighted by Crippen LogP contribution is -2.65. The number of carbonyl (C=O) groups excluding carboxylic acids is 2. The summed E-state index contributed by atoms with van der Waals surface area (Å²) >= 11 is 0. The van der Waals surface area contributed by atoms with Gasteiger partial charge < -0.3 is 10.6 Å². The smallest absolute Gasteiger partial charge is 0.269 e. The first kappa shape index (κ1) is 19.6. The van der Waals surface area contributed by atoms with Gasteiger partial charge in [0.15, 0.2) is 0 Å². The molecule has 3 N–H and O–H groups in total. The van der Waals surface area contributed by atoms with Crippen LogP contribution in [-0.4, -0.2) is 58.0 Å². The topological polar surface area (TPSA) is 91.3 Å². The minimum absolute atomic E-state index is 0.0853. The fraction of sp³-hybridized carbons (Fsp3) is 0.476. The zero-order valence-corrected chi connectivity index (χ0v) is 16.9. The molecule has 2 amide bonds. The number of hydrogen-bond acceptors (Lipinski definition) is 5. The average Bonchev–Trinajstić information content (AvgIpc) is 3.10. The summed E-state index contributed by atoms with van der Waals surface area (Å²) in [6.07, 6.45) is 2.08. The Morgan fingerprint density at radius 2 is 1.93 bits per heavy atom. The Bertz CT molecular complexity index is 873. The van der Waals surface area contributed by atoms with E-state index < -0.39 is 0 Å². The summed E-state index contributed by atoms with van der Waals surface area (Å²) < 4.78 is 1.63. The van der Waals surface area contributed by atoms with E-state index in [1.807, 2.05) is 43.3 Å². The lowest BCUT2D eigenvalue weighted by Gasteiger charge is -2.41. The zero-order chi connectivity index (χ0) is 20.4. The van der Waals surface area contributed by atoms with Crippen molar-refractivity contribution in [3.05, 3.63) is 42.1 Å². The van der Waals surface area contributed by atoms with E-state index in [-0.39, 0.29) is 30.2 Å². The molecule has 0 aliphatic carbocycles. The highest BCUT2D eigenvalue weighted by Gasteiger charge is 2.31. The molecule has 4 rings (SSSR count). The second-order valence-electron chi connectivity index (χ2n) is 7.93. The van der Waals surface area contributed by atoms with Gasteiger partial charge in [0.1, 0.15) is 12.0 Å². The number of carbonyl (C=O) groups is 2. The van der Waals surface area contributed by atoms with E-state index in [2.05, 4.69) is 25.9 Å². The van der Waals surface area contributed by atoms with Crippen LogP contribution in [0.5, 0.6) is 0 Å². The Morgan fingerprint density at radius 3 is 2.62 bits per heavy atom. The largest absolute Gasteiger partial charge is 0.348 e. The highest BCUT2D eigenvalue weighted by atomic mass is 16.2. The molecule has 154 valence electrons. The number of piperidine rings is 1. The van der Waals surface area contributed by atoms with Gasteiger partial charge in [-0.25, -0.2) is 0 Å². The Labute approximate surface area is 170 Å². The van der Waals surface area contributed by atoms with E-state index in [0.29, 0.717) is 12.1 Å². The molecule has 2 aromatic rings. The number of aromatic nitrogens is 2. The molecule has 2 saturated heterocycles. The molecule has 0 saturated carbocycles. The third-order valence-corrected chi connectivity index (χ3v) is 5.64. The number of nitrogens with one attached hydrogen (secondary N) is 3. The minimum Gasteiger partial charge on any atom is -0.348 e. The molecule has 2 unspecified atom stereocenters. The summed E-state index contributed by atoms with van der Waals surface area (Å²) in [5.41, 5.74) is 2.34. The van der Waals surface area contributed by atoms with Gasteiger partial charge >= 0.3 is 0 Å². The maximum absolute atomic E-state index is 12.8. The van der Waals surface area contributed by atoms with Crippen molar-refractivity contribution in [1.82, 2.24) is 30.6 Å². The van der Waals surface area contributed by atoms with Gasteiger partial charge in [-0.05, 0) is 25.8 Å². The number of likely N-dealkylation sites (tertiary alicyclic amines) is 1. The lowest BCUT2D eigenvalue weighted by atomic mass is 10.0. The quantitative estimate of drug-likeness (QED) is 0.719. The van der Waals surface area contributed by atoms with E-state index in [9.17, 15) is 9.59 Å². The molecule has 0 radical (unpaired) electrons. The summed E-state index contributed by atoms with van der Waals surface area (Å²) in [5.74, 6) is -0.0135. The SMILES string of the molecule is CC1CC(=O)NC(N2CCC(NC(=O)c3cc(-c4ccccc4)nn3C)CC2)N1. The van der Waals surface area contributed by atoms with Crippen LogP contribution in [0.3, 0.4) is 0 Å². The first-order chi connectivity index (χ1) is 14.0. The molecule has 3 heterocycles. The third kappa shape index (κ3) is 4.49. The summed E-state index contributed by atoms with van der Waals surface area (Å²) in [7, 11) is 1.79. The van der Waals surface area contributed by atoms with Crippen molar-refractivity contribution in [3.63, 3.8) is 0 Å². The van der Waals surface area contributed by atoms with Gasteiger partial charge in [0.05, 0.1) is 5.69 Å². The molecule has 8 heteroatoms. The monoisotopic (exact) mass is 396 g/mol. The van der Waals surface area contributed by atoms with Gasteiger partial charge in [-0.15, -0.1) is 0 Å². The van der Waals surface area contributed by atoms with Crippen LogP contribution >= 0.6 is 0 Å². The Balaban J connectivity index is 1.33. The first-order valence-corrected chi connectivity index (χ1v) is 10.2. The fourth-order valence-electron chi connectivity index (χ4n) is 4.05. The number of benzene rings is 1. The van der Waals surface area contributed by atoms with Gasteiger partial charge in [-0.2, -0.15) is 5.10 Å². The van der Waals surface area contributed by atoms with Crippen LogP contribution in [0.4, 0.5) is 0 Å². The van der Waals surface area contributed by atoms with Crippen molar-refractivity contribution in [2.75, 3.05) is 13.1 Å². The second-order valence-corrected chi connectivity index (χ2v) is 7.93. The molecule has 1 aromatic heterocycles. The Kier molecular flexibility index (Phi) is 5.64. The van der Waals surface area contributed by atoms with Crippen LogP contribution in [0.25, 0.3) is 11.3 Å². The number of hydrogen-bond donors (Lipinski definition) is 3. The normalized spacial score (nSPS) is 23.6. The first-order valence-electron chi connectivity index (χ1n) is 10.2. The average molecular weight is 396 g/mol. The number of nitrogens with zero attached hydrogens (tertiary/aromatic N) is 3. The summed E-state index contributed by atoms with van der Waals surface area (Å²) in [5, 5.41) is 14.0. The van der Waals surface area contributed by atoms with Gasteiger partial charge in [0.25, 0.3) is 5.91 Å². The van der Waals surface area contributed by atoms with Crippen molar-refractivity contribution >= 4 is 11.8 Å². The van der Waals surface area contributed by atoms with E-state index in [1.54, 1.807) is 11.7 Å². The Hall–Kier alpha value is -2.71. The van der Waals surface area contributed by atoms with Crippen LogP contribution < -0.4 is 16.0 Å².